The van der Waals surface area contributed by atoms with Gasteiger partial charge in [-0.3, -0.25) is 4.79 Å². The first-order valence-corrected chi connectivity index (χ1v) is 6.95. The Morgan fingerprint density at radius 2 is 2.00 bits per heavy atom. The van der Waals surface area contributed by atoms with Crippen LogP contribution in [-0.4, -0.2) is 5.78 Å². The van der Waals surface area contributed by atoms with Gasteiger partial charge in [0.05, 0.1) is 15.6 Å². The Morgan fingerprint density at radius 1 is 1.29 bits per heavy atom. The third-order valence-corrected chi connectivity index (χ3v) is 3.82. The molecule has 0 heterocycles. The highest BCUT2D eigenvalue weighted by Gasteiger charge is 2.26. The van der Waals surface area contributed by atoms with Gasteiger partial charge in [0.1, 0.15) is 17.6 Å². The Kier molecular flexibility index (Phi) is 4.71. The molecule has 2 rings (SSSR count). The smallest absolute Gasteiger partial charge is 0.184 e. The summed E-state index contributed by atoms with van der Waals surface area (Å²) < 4.78 is 27.6. The minimum atomic E-state index is -1.38. The van der Waals surface area contributed by atoms with E-state index in [9.17, 15) is 13.6 Å². The van der Waals surface area contributed by atoms with E-state index in [1.807, 2.05) is 0 Å². The number of hydrogen-bond donors (Lipinski definition) is 0. The van der Waals surface area contributed by atoms with E-state index in [1.54, 1.807) is 6.07 Å². The highest BCUT2D eigenvalue weighted by molar-refractivity contribution is 9.10. The van der Waals surface area contributed by atoms with E-state index >= 15 is 0 Å². The van der Waals surface area contributed by atoms with Gasteiger partial charge in [0.25, 0.3) is 0 Å². The SMILES string of the molecule is N#CC(C(=O)c1ccc(Br)c(F)c1)c1cccc(Cl)c1F. The Balaban J connectivity index is 2.46. The molecule has 0 radical (unpaired) electrons. The van der Waals surface area contributed by atoms with Crippen LogP contribution >= 0.6 is 27.5 Å². The fraction of sp³-hybridized carbons (Fsp3) is 0.0667. The van der Waals surface area contributed by atoms with Crippen molar-refractivity contribution in [2.24, 2.45) is 0 Å². The lowest BCUT2D eigenvalue weighted by Crippen LogP contribution is -2.13. The van der Waals surface area contributed by atoms with Crippen LogP contribution in [0.5, 0.6) is 0 Å². The van der Waals surface area contributed by atoms with Crippen LogP contribution < -0.4 is 0 Å². The Morgan fingerprint density at radius 3 is 2.62 bits per heavy atom. The maximum Gasteiger partial charge on any atom is 0.184 e. The predicted molar refractivity (Wildman–Crippen MR) is 78.2 cm³/mol. The van der Waals surface area contributed by atoms with E-state index in [2.05, 4.69) is 15.9 Å². The molecule has 0 N–H and O–H groups in total. The number of carbonyl (C=O) groups excluding carboxylic acids is 1. The van der Waals surface area contributed by atoms with Crippen molar-refractivity contribution in [2.75, 3.05) is 0 Å². The summed E-state index contributed by atoms with van der Waals surface area (Å²) in [4.78, 5) is 12.3. The van der Waals surface area contributed by atoms with E-state index in [-0.39, 0.29) is 20.6 Å². The van der Waals surface area contributed by atoms with Crippen LogP contribution in [0, 0.1) is 23.0 Å². The molecule has 1 atom stereocenters. The molecule has 6 heteroatoms. The monoisotopic (exact) mass is 369 g/mol. The molecule has 0 saturated heterocycles. The molecule has 0 fully saturated rings. The number of carbonyl (C=O) groups is 1. The van der Waals surface area contributed by atoms with E-state index in [0.29, 0.717) is 0 Å². The highest BCUT2D eigenvalue weighted by Crippen LogP contribution is 2.28. The van der Waals surface area contributed by atoms with Gasteiger partial charge in [0, 0.05) is 11.1 Å². The fourth-order valence-corrected chi connectivity index (χ4v) is 2.26. The molecule has 1 unspecified atom stereocenters. The van der Waals surface area contributed by atoms with Crippen molar-refractivity contribution in [3.05, 3.63) is 68.7 Å². The summed E-state index contributed by atoms with van der Waals surface area (Å²) >= 11 is 8.62. The third kappa shape index (κ3) is 3.12. The number of ketones is 1. The Hall–Kier alpha value is -1.77. The molecule has 0 bridgehead atoms. The lowest BCUT2D eigenvalue weighted by molar-refractivity contribution is 0.0977. The molecule has 0 saturated carbocycles. The van der Waals surface area contributed by atoms with Crippen molar-refractivity contribution in [2.45, 2.75) is 5.92 Å². The summed E-state index contributed by atoms with van der Waals surface area (Å²) in [5.74, 6) is -3.53. The summed E-state index contributed by atoms with van der Waals surface area (Å²) in [6.07, 6.45) is 0. The number of rotatable bonds is 3. The number of nitriles is 1. The van der Waals surface area contributed by atoms with Crippen LogP contribution in [0.3, 0.4) is 0 Å². The fourth-order valence-electron chi connectivity index (χ4n) is 1.83. The molecule has 21 heavy (non-hydrogen) atoms. The second-order valence-electron chi connectivity index (χ2n) is 4.20. The zero-order valence-corrected chi connectivity index (χ0v) is 12.8. The van der Waals surface area contributed by atoms with Gasteiger partial charge in [0.15, 0.2) is 5.78 Å². The second kappa shape index (κ2) is 6.33. The first kappa shape index (κ1) is 15.6. The molecule has 0 aliphatic heterocycles. The lowest BCUT2D eigenvalue weighted by Gasteiger charge is -2.11. The lowest BCUT2D eigenvalue weighted by atomic mass is 9.91. The summed E-state index contributed by atoms with van der Waals surface area (Å²) in [5, 5.41) is 8.99. The summed E-state index contributed by atoms with van der Waals surface area (Å²) in [6, 6.07) is 9.52. The topological polar surface area (TPSA) is 40.9 Å². The molecule has 0 aromatic heterocycles. The summed E-state index contributed by atoms with van der Waals surface area (Å²) in [5.41, 5.74) is -0.139. The molecule has 0 spiro atoms. The van der Waals surface area contributed by atoms with Gasteiger partial charge in [-0.2, -0.15) is 5.26 Å². The average Bonchev–Trinajstić information content (AvgIpc) is 2.47. The minimum absolute atomic E-state index is 0.0124. The van der Waals surface area contributed by atoms with Crippen LogP contribution in [0.2, 0.25) is 5.02 Å². The van der Waals surface area contributed by atoms with E-state index in [4.69, 9.17) is 16.9 Å². The van der Waals surface area contributed by atoms with Crippen molar-refractivity contribution in [3.63, 3.8) is 0 Å². The van der Waals surface area contributed by atoms with Gasteiger partial charge in [-0.1, -0.05) is 29.8 Å². The third-order valence-electron chi connectivity index (χ3n) is 2.89. The summed E-state index contributed by atoms with van der Waals surface area (Å²) in [6.45, 7) is 0. The second-order valence-corrected chi connectivity index (χ2v) is 5.46. The normalized spacial score (nSPS) is 11.8. The number of benzene rings is 2. The van der Waals surface area contributed by atoms with Gasteiger partial charge in [-0.05, 0) is 34.1 Å². The van der Waals surface area contributed by atoms with Crippen LogP contribution in [-0.2, 0) is 0 Å². The van der Waals surface area contributed by atoms with Gasteiger partial charge < -0.3 is 0 Å². The Bertz CT molecular complexity index is 758. The first-order chi connectivity index (χ1) is 9.95. The molecule has 0 amide bonds. The van der Waals surface area contributed by atoms with Crippen LogP contribution in [0.25, 0.3) is 0 Å². The molecule has 2 nitrogen and oxygen atoms in total. The van der Waals surface area contributed by atoms with Gasteiger partial charge in [-0.25, -0.2) is 8.78 Å². The predicted octanol–water partition coefficient (Wildman–Crippen LogP) is 4.87. The first-order valence-electron chi connectivity index (χ1n) is 5.78. The number of halogens is 4. The number of nitrogens with zero attached hydrogens (tertiary/aromatic N) is 1. The van der Waals surface area contributed by atoms with E-state index in [1.165, 1.54) is 30.3 Å². The van der Waals surface area contributed by atoms with Gasteiger partial charge in [0.2, 0.25) is 0 Å². The van der Waals surface area contributed by atoms with Crippen molar-refractivity contribution < 1.29 is 13.6 Å². The quantitative estimate of drug-likeness (QED) is 0.723. The zero-order valence-electron chi connectivity index (χ0n) is 10.4. The van der Waals surface area contributed by atoms with Crippen LogP contribution in [0.4, 0.5) is 8.78 Å². The standard InChI is InChI=1S/C15H7BrClF2NO/c16-11-5-4-8(6-13(11)18)15(21)10(7-20)9-2-1-3-12(17)14(9)19/h1-6,10H. The maximum absolute atomic E-state index is 13.9. The molecular weight excluding hydrogens is 364 g/mol. The molecule has 0 aliphatic carbocycles. The van der Waals surface area contributed by atoms with Crippen molar-refractivity contribution >= 4 is 33.3 Å². The molecule has 106 valence electrons. The van der Waals surface area contributed by atoms with Crippen LogP contribution in [0.15, 0.2) is 40.9 Å². The Labute approximate surface area is 133 Å². The molecule has 2 aromatic rings. The minimum Gasteiger partial charge on any atom is -0.292 e. The van der Waals surface area contributed by atoms with Gasteiger partial charge in [-0.15, -0.1) is 0 Å². The highest BCUT2D eigenvalue weighted by atomic mass is 79.9. The average molecular weight is 371 g/mol. The van der Waals surface area contributed by atoms with E-state index < -0.39 is 23.3 Å². The van der Waals surface area contributed by atoms with Crippen LogP contribution in [0.1, 0.15) is 21.8 Å². The van der Waals surface area contributed by atoms with Crippen molar-refractivity contribution in [1.82, 2.24) is 0 Å². The van der Waals surface area contributed by atoms with Gasteiger partial charge >= 0.3 is 0 Å². The van der Waals surface area contributed by atoms with E-state index in [0.717, 1.165) is 6.07 Å². The zero-order chi connectivity index (χ0) is 15.6. The number of hydrogen-bond acceptors (Lipinski definition) is 2. The maximum atomic E-state index is 13.9. The number of Topliss-reactive ketones (excluding diaryl/α,β-unsaturated/α-hetero) is 1. The van der Waals surface area contributed by atoms with Crippen molar-refractivity contribution in [3.8, 4) is 6.07 Å². The molecule has 2 aromatic carbocycles. The largest absolute Gasteiger partial charge is 0.292 e. The molecular formula is C15H7BrClF2NO. The summed E-state index contributed by atoms with van der Waals surface area (Å²) in [7, 11) is 0. The molecule has 0 aliphatic rings. The van der Waals surface area contributed by atoms with Crippen molar-refractivity contribution in [1.29, 1.82) is 5.26 Å².